The van der Waals surface area contributed by atoms with Gasteiger partial charge in [0.1, 0.15) is 0 Å². The van der Waals surface area contributed by atoms with E-state index in [2.05, 4.69) is 35.8 Å². The predicted molar refractivity (Wildman–Crippen MR) is 103 cm³/mol. The van der Waals surface area contributed by atoms with Gasteiger partial charge in [-0.1, -0.05) is 37.5 Å². The van der Waals surface area contributed by atoms with Gasteiger partial charge in [-0.15, -0.1) is 11.8 Å². The molecule has 2 aliphatic rings. The van der Waals surface area contributed by atoms with Crippen LogP contribution < -0.4 is 0 Å². The van der Waals surface area contributed by atoms with Gasteiger partial charge in [0.15, 0.2) is 0 Å². The molecule has 24 heavy (non-hydrogen) atoms. The number of para-hydroxylation sites is 1. The summed E-state index contributed by atoms with van der Waals surface area (Å²) in [5, 5.41) is 2.03. The molecule has 1 aromatic heterocycles. The lowest BCUT2D eigenvalue weighted by Crippen LogP contribution is -2.26. The number of hydrogen-bond donors (Lipinski definition) is 0. The van der Waals surface area contributed by atoms with Crippen molar-refractivity contribution in [2.24, 2.45) is 0 Å². The van der Waals surface area contributed by atoms with E-state index in [1.165, 1.54) is 61.6 Å². The van der Waals surface area contributed by atoms with Crippen molar-refractivity contribution >= 4 is 28.6 Å². The monoisotopic (exact) mass is 341 g/mol. The highest BCUT2D eigenvalue weighted by atomic mass is 32.2. The number of rotatable bonds is 3. The zero-order valence-corrected chi connectivity index (χ0v) is 15.4. The topological polar surface area (TPSA) is 22.0 Å². The number of fused-ring (bicyclic) bond motifs is 3. The second kappa shape index (κ2) is 6.95. The molecule has 1 aromatic carbocycles. The number of thioether (sulfide) groups is 1. The van der Waals surface area contributed by atoms with Crippen LogP contribution in [-0.2, 0) is 12.8 Å². The van der Waals surface area contributed by atoms with Crippen molar-refractivity contribution in [1.82, 2.24) is 4.57 Å². The molecule has 2 aromatic rings. The van der Waals surface area contributed by atoms with E-state index >= 15 is 0 Å². The van der Waals surface area contributed by atoms with Crippen LogP contribution in [-0.4, -0.2) is 21.0 Å². The Kier molecular flexibility index (Phi) is 4.71. The Morgan fingerprint density at radius 1 is 1.08 bits per heavy atom. The van der Waals surface area contributed by atoms with E-state index < -0.39 is 0 Å². The highest BCUT2D eigenvalue weighted by Gasteiger charge is 2.28. The second-order valence-electron chi connectivity index (χ2n) is 7.36. The molecule has 128 valence electrons. The Labute approximate surface area is 149 Å². The summed E-state index contributed by atoms with van der Waals surface area (Å²) < 4.78 is 2.07. The fraction of sp³-hybridized carbons (Fsp3) is 0.571. The SMILES string of the molecule is CC(SC1CCCCC1)C(=O)n1c2c(c3ccccc31)CCCC2. The normalized spacial score (nSPS) is 20.0. The minimum Gasteiger partial charge on any atom is -0.283 e. The molecule has 1 heterocycles. The summed E-state index contributed by atoms with van der Waals surface area (Å²) in [6, 6.07) is 8.49. The zero-order chi connectivity index (χ0) is 16.5. The number of nitrogens with zero attached hydrogens (tertiary/aromatic N) is 1. The molecule has 0 radical (unpaired) electrons. The van der Waals surface area contributed by atoms with Gasteiger partial charge in [-0.25, -0.2) is 0 Å². The van der Waals surface area contributed by atoms with Crippen LogP contribution in [0.2, 0.25) is 0 Å². The van der Waals surface area contributed by atoms with Gasteiger partial charge in [0.05, 0.1) is 10.8 Å². The van der Waals surface area contributed by atoms with Crippen molar-refractivity contribution in [3.8, 4) is 0 Å². The lowest BCUT2D eigenvalue weighted by molar-refractivity contribution is 0.0916. The van der Waals surface area contributed by atoms with Crippen LogP contribution >= 0.6 is 11.8 Å². The largest absolute Gasteiger partial charge is 0.283 e. The predicted octanol–water partition coefficient (Wildman–Crippen LogP) is 5.61. The smallest absolute Gasteiger partial charge is 0.244 e. The average molecular weight is 342 g/mol. The first kappa shape index (κ1) is 16.3. The lowest BCUT2D eigenvalue weighted by atomic mass is 9.95. The van der Waals surface area contributed by atoms with Gasteiger partial charge in [-0.3, -0.25) is 9.36 Å². The highest BCUT2D eigenvalue weighted by molar-refractivity contribution is 8.01. The van der Waals surface area contributed by atoms with Crippen LogP contribution in [0.15, 0.2) is 24.3 Å². The zero-order valence-electron chi connectivity index (χ0n) is 14.6. The molecule has 2 aliphatic carbocycles. The summed E-state index contributed by atoms with van der Waals surface area (Å²) >= 11 is 1.92. The molecule has 0 saturated heterocycles. The summed E-state index contributed by atoms with van der Waals surface area (Å²) in [7, 11) is 0. The van der Waals surface area contributed by atoms with Gasteiger partial charge in [0, 0.05) is 16.3 Å². The van der Waals surface area contributed by atoms with E-state index in [0.717, 1.165) is 18.4 Å². The van der Waals surface area contributed by atoms with Crippen molar-refractivity contribution in [2.45, 2.75) is 75.2 Å². The first-order chi connectivity index (χ1) is 11.8. The third-order valence-corrected chi connectivity index (χ3v) is 7.16. The summed E-state index contributed by atoms with van der Waals surface area (Å²) in [6.07, 6.45) is 11.2. The van der Waals surface area contributed by atoms with E-state index in [1.807, 2.05) is 11.8 Å². The first-order valence-electron chi connectivity index (χ1n) is 9.56. The number of aryl methyl sites for hydroxylation is 1. The van der Waals surface area contributed by atoms with Crippen molar-refractivity contribution in [1.29, 1.82) is 0 Å². The summed E-state index contributed by atoms with van der Waals surface area (Å²) in [5.41, 5.74) is 3.86. The van der Waals surface area contributed by atoms with E-state index in [0.29, 0.717) is 11.2 Å². The Morgan fingerprint density at radius 2 is 1.83 bits per heavy atom. The fourth-order valence-corrected chi connectivity index (χ4v) is 5.88. The molecule has 1 saturated carbocycles. The van der Waals surface area contributed by atoms with Crippen molar-refractivity contribution in [3.05, 3.63) is 35.5 Å². The lowest BCUT2D eigenvalue weighted by Gasteiger charge is -2.24. The van der Waals surface area contributed by atoms with Gasteiger partial charge >= 0.3 is 0 Å². The number of carbonyl (C=O) groups is 1. The second-order valence-corrected chi connectivity index (χ2v) is 9.01. The summed E-state index contributed by atoms with van der Waals surface area (Å²) in [5.74, 6) is 0.296. The molecule has 1 fully saturated rings. The highest BCUT2D eigenvalue weighted by Crippen LogP contribution is 2.35. The van der Waals surface area contributed by atoms with Crippen LogP contribution in [0, 0.1) is 0 Å². The molecular weight excluding hydrogens is 314 g/mol. The van der Waals surface area contributed by atoms with E-state index in [4.69, 9.17) is 0 Å². The summed E-state index contributed by atoms with van der Waals surface area (Å²) in [6.45, 7) is 2.12. The Morgan fingerprint density at radius 3 is 2.67 bits per heavy atom. The van der Waals surface area contributed by atoms with Crippen molar-refractivity contribution in [3.63, 3.8) is 0 Å². The van der Waals surface area contributed by atoms with Crippen LogP contribution in [0.25, 0.3) is 10.9 Å². The molecule has 2 nitrogen and oxygen atoms in total. The fourth-order valence-electron chi connectivity index (χ4n) is 4.48. The van der Waals surface area contributed by atoms with Gasteiger partial charge in [-0.05, 0) is 57.1 Å². The Bertz CT molecular complexity index is 742. The molecule has 0 aliphatic heterocycles. The Balaban J connectivity index is 1.66. The molecule has 1 unspecified atom stereocenters. The van der Waals surface area contributed by atoms with Crippen LogP contribution in [0.1, 0.15) is 67.9 Å². The maximum absolute atomic E-state index is 13.3. The number of hydrogen-bond acceptors (Lipinski definition) is 2. The average Bonchev–Trinajstić information content (AvgIpc) is 2.96. The molecule has 0 N–H and O–H groups in total. The number of carbonyl (C=O) groups excluding carboxylic acids is 1. The van der Waals surface area contributed by atoms with E-state index in [-0.39, 0.29) is 5.25 Å². The number of benzene rings is 1. The maximum atomic E-state index is 13.3. The third-order valence-electron chi connectivity index (χ3n) is 5.70. The molecule has 0 amide bonds. The van der Waals surface area contributed by atoms with Gasteiger partial charge in [-0.2, -0.15) is 0 Å². The standard InChI is InChI=1S/C21H27NOS/c1-15(24-16-9-3-2-4-10-16)21(23)22-19-13-7-5-11-17(19)18-12-6-8-14-20(18)22/h5,7,11,13,15-16H,2-4,6,8-10,12,14H2,1H3. The van der Waals surface area contributed by atoms with Crippen LogP contribution in [0.4, 0.5) is 0 Å². The quantitative estimate of drug-likeness (QED) is 0.723. The molecular formula is C21H27NOS. The van der Waals surface area contributed by atoms with Gasteiger partial charge in [0.2, 0.25) is 5.91 Å². The molecule has 3 heteroatoms. The maximum Gasteiger partial charge on any atom is 0.244 e. The minimum atomic E-state index is 0.0509. The van der Waals surface area contributed by atoms with Crippen molar-refractivity contribution in [2.75, 3.05) is 0 Å². The molecule has 0 spiro atoms. The third kappa shape index (κ3) is 2.92. The van der Waals surface area contributed by atoms with Crippen molar-refractivity contribution < 1.29 is 4.79 Å². The van der Waals surface area contributed by atoms with Gasteiger partial charge in [0.25, 0.3) is 0 Å². The van der Waals surface area contributed by atoms with E-state index in [1.54, 1.807) is 0 Å². The molecule has 1 atom stereocenters. The van der Waals surface area contributed by atoms with E-state index in [9.17, 15) is 4.79 Å². The first-order valence-corrected chi connectivity index (χ1v) is 10.5. The number of aromatic nitrogens is 1. The van der Waals surface area contributed by atoms with Gasteiger partial charge < -0.3 is 0 Å². The molecule has 4 rings (SSSR count). The molecule has 0 bridgehead atoms. The summed E-state index contributed by atoms with van der Waals surface area (Å²) in [4.78, 5) is 13.3. The van der Waals surface area contributed by atoms with Crippen LogP contribution in [0.5, 0.6) is 0 Å². The Hall–Kier alpha value is -1.22. The van der Waals surface area contributed by atoms with Crippen LogP contribution in [0.3, 0.4) is 0 Å². The minimum absolute atomic E-state index is 0.0509.